The van der Waals surface area contributed by atoms with Gasteiger partial charge in [-0.05, 0) is 38.2 Å². The molecule has 0 spiro atoms. The molecule has 2 aliphatic rings. The Hall–Kier alpha value is -1.92. The highest BCUT2D eigenvalue weighted by molar-refractivity contribution is 5.80. The van der Waals surface area contributed by atoms with Gasteiger partial charge >= 0.3 is 0 Å². The minimum absolute atomic E-state index is 0.0206. The molecular formula is C22H32N2O4. The van der Waals surface area contributed by atoms with E-state index in [4.69, 9.17) is 9.47 Å². The monoisotopic (exact) mass is 388 g/mol. The Morgan fingerprint density at radius 2 is 1.86 bits per heavy atom. The highest BCUT2D eigenvalue weighted by Gasteiger charge is 2.35. The van der Waals surface area contributed by atoms with Crippen LogP contribution in [0.4, 0.5) is 0 Å². The normalized spacial score (nSPS) is 20.8. The fraction of sp³-hybridized carbons (Fsp3) is 0.636. The number of carbonyl (C=O) groups excluding carboxylic acids is 2. The number of nitrogens with zero attached hydrogens (tertiary/aromatic N) is 2. The summed E-state index contributed by atoms with van der Waals surface area (Å²) in [6, 6.07) is 8.35. The molecule has 0 aromatic heterocycles. The van der Waals surface area contributed by atoms with Gasteiger partial charge in [-0.1, -0.05) is 29.8 Å². The highest BCUT2D eigenvalue weighted by Crippen LogP contribution is 2.24. The summed E-state index contributed by atoms with van der Waals surface area (Å²) in [5, 5.41) is 0. The fourth-order valence-electron chi connectivity index (χ4n) is 4.27. The van der Waals surface area contributed by atoms with Crippen LogP contribution in [0.25, 0.3) is 0 Å². The summed E-state index contributed by atoms with van der Waals surface area (Å²) in [7, 11) is 1.55. The molecule has 1 aromatic rings. The predicted octanol–water partition coefficient (Wildman–Crippen LogP) is 2.18. The lowest BCUT2D eigenvalue weighted by Crippen LogP contribution is -2.57. The molecular weight excluding hydrogens is 356 g/mol. The maximum atomic E-state index is 12.9. The molecule has 2 fully saturated rings. The molecule has 1 atom stereocenters. The Kier molecular flexibility index (Phi) is 7.45. The van der Waals surface area contributed by atoms with Crippen LogP contribution in [0.2, 0.25) is 0 Å². The average molecular weight is 389 g/mol. The van der Waals surface area contributed by atoms with Crippen molar-refractivity contribution in [3.05, 3.63) is 35.4 Å². The first-order chi connectivity index (χ1) is 13.6. The summed E-state index contributed by atoms with van der Waals surface area (Å²) in [5.41, 5.74) is 2.23. The number of ether oxygens (including phenoxy) is 2. The van der Waals surface area contributed by atoms with Crippen molar-refractivity contribution in [2.75, 3.05) is 40.0 Å². The lowest BCUT2D eigenvalue weighted by Gasteiger charge is -2.44. The molecule has 0 bridgehead atoms. The van der Waals surface area contributed by atoms with Gasteiger partial charge in [-0.2, -0.15) is 0 Å². The number of hydrogen-bond donors (Lipinski definition) is 0. The van der Waals surface area contributed by atoms with Crippen LogP contribution >= 0.6 is 0 Å². The molecule has 2 heterocycles. The van der Waals surface area contributed by atoms with Gasteiger partial charge < -0.3 is 19.3 Å². The van der Waals surface area contributed by atoms with E-state index in [2.05, 4.69) is 0 Å². The van der Waals surface area contributed by atoms with E-state index in [9.17, 15) is 9.59 Å². The Morgan fingerprint density at radius 1 is 1.14 bits per heavy atom. The smallest absolute Gasteiger partial charge is 0.249 e. The highest BCUT2D eigenvalue weighted by atomic mass is 16.5. The third-order valence-electron chi connectivity index (χ3n) is 5.76. The zero-order chi connectivity index (χ0) is 19.9. The van der Waals surface area contributed by atoms with Crippen LogP contribution in [0.15, 0.2) is 24.3 Å². The minimum atomic E-state index is 0.0206. The third kappa shape index (κ3) is 5.32. The van der Waals surface area contributed by atoms with Gasteiger partial charge in [-0.25, -0.2) is 0 Å². The molecule has 0 N–H and O–H groups in total. The van der Waals surface area contributed by atoms with Crippen LogP contribution in [0, 0.1) is 6.92 Å². The summed E-state index contributed by atoms with van der Waals surface area (Å²) in [6.45, 7) is 4.88. The molecule has 154 valence electrons. The Morgan fingerprint density at radius 3 is 2.54 bits per heavy atom. The van der Waals surface area contributed by atoms with E-state index >= 15 is 0 Å². The van der Waals surface area contributed by atoms with Crippen molar-refractivity contribution < 1.29 is 19.1 Å². The Balaban J connectivity index is 1.67. The van der Waals surface area contributed by atoms with Gasteiger partial charge in [0.1, 0.15) is 6.61 Å². The number of rotatable bonds is 6. The molecule has 2 amide bonds. The zero-order valence-corrected chi connectivity index (χ0v) is 17.1. The Labute approximate surface area is 167 Å². The molecule has 2 aliphatic heterocycles. The van der Waals surface area contributed by atoms with E-state index < -0.39 is 0 Å². The number of aryl methyl sites for hydroxylation is 1. The van der Waals surface area contributed by atoms with Crippen molar-refractivity contribution in [3.63, 3.8) is 0 Å². The van der Waals surface area contributed by atoms with Gasteiger partial charge in [0, 0.05) is 45.5 Å². The lowest BCUT2D eigenvalue weighted by molar-refractivity contribution is -0.147. The van der Waals surface area contributed by atoms with E-state index in [0.29, 0.717) is 26.2 Å². The first kappa shape index (κ1) is 20.8. The zero-order valence-electron chi connectivity index (χ0n) is 17.1. The molecule has 0 aliphatic carbocycles. The maximum Gasteiger partial charge on any atom is 0.249 e. The van der Waals surface area contributed by atoms with Crippen LogP contribution in [0.1, 0.15) is 36.8 Å². The van der Waals surface area contributed by atoms with Crippen LogP contribution in [-0.4, -0.2) is 73.7 Å². The van der Waals surface area contributed by atoms with Crippen molar-refractivity contribution in [1.82, 2.24) is 9.80 Å². The SMILES string of the molecule is COCC(=O)N(C1CCOCC1)C1CCCN(C(=O)Cc2ccc(C)cc2)C1. The molecule has 6 heteroatoms. The van der Waals surface area contributed by atoms with Gasteiger partial charge in [-0.15, -0.1) is 0 Å². The molecule has 0 saturated carbocycles. The number of amides is 2. The average Bonchev–Trinajstić information content (AvgIpc) is 2.71. The second kappa shape index (κ2) is 10.0. The second-order valence-electron chi connectivity index (χ2n) is 7.88. The standard InChI is InChI=1S/C22H32N2O4/c1-17-5-7-18(8-6-17)14-21(25)23-11-3-4-20(15-23)24(22(26)16-27-2)19-9-12-28-13-10-19/h5-8,19-20H,3-4,9-16H2,1-2H3. The van der Waals surface area contributed by atoms with Gasteiger partial charge in [-0.3, -0.25) is 9.59 Å². The maximum absolute atomic E-state index is 12.9. The van der Waals surface area contributed by atoms with E-state index in [0.717, 1.165) is 37.8 Å². The molecule has 0 radical (unpaired) electrons. The summed E-state index contributed by atoms with van der Waals surface area (Å²) < 4.78 is 10.6. The summed E-state index contributed by atoms with van der Waals surface area (Å²) in [4.78, 5) is 29.6. The number of carbonyl (C=O) groups is 2. The second-order valence-corrected chi connectivity index (χ2v) is 7.88. The number of piperidine rings is 1. The quantitative estimate of drug-likeness (QED) is 0.750. The van der Waals surface area contributed by atoms with E-state index in [1.807, 2.05) is 41.0 Å². The number of hydrogen-bond acceptors (Lipinski definition) is 4. The van der Waals surface area contributed by atoms with Crippen molar-refractivity contribution >= 4 is 11.8 Å². The molecule has 28 heavy (non-hydrogen) atoms. The van der Waals surface area contributed by atoms with Crippen LogP contribution in [-0.2, 0) is 25.5 Å². The topological polar surface area (TPSA) is 59.1 Å². The van der Waals surface area contributed by atoms with Gasteiger partial charge in [0.05, 0.1) is 6.42 Å². The van der Waals surface area contributed by atoms with E-state index in [1.54, 1.807) is 7.11 Å². The van der Waals surface area contributed by atoms with Crippen LogP contribution in [0.3, 0.4) is 0 Å². The summed E-state index contributed by atoms with van der Waals surface area (Å²) >= 11 is 0. The van der Waals surface area contributed by atoms with Crippen molar-refractivity contribution in [3.8, 4) is 0 Å². The first-order valence-corrected chi connectivity index (χ1v) is 10.3. The number of benzene rings is 1. The number of likely N-dealkylation sites (tertiary alicyclic amines) is 1. The molecule has 1 unspecified atom stereocenters. The largest absolute Gasteiger partial charge is 0.381 e. The summed E-state index contributed by atoms with van der Waals surface area (Å²) in [6.07, 6.45) is 3.97. The Bertz CT molecular complexity index is 655. The van der Waals surface area contributed by atoms with Gasteiger partial charge in [0.25, 0.3) is 0 Å². The fourth-order valence-corrected chi connectivity index (χ4v) is 4.27. The van der Waals surface area contributed by atoms with Crippen molar-refractivity contribution in [2.24, 2.45) is 0 Å². The lowest BCUT2D eigenvalue weighted by atomic mass is 9.98. The molecule has 2 saturated heterocycles. The third-order valence-corrected chi connectivity index (χ3v) is 5.76. The molecule has 1 aromatic carbocycles. The molecule has 3 rings (SSSR count). The van der Waals surface area contributed by atoms with Crippen molar-refractivity contribution in [1.29, 1.82) is 0 Å². The summed E-state index contributed by atoms with van der Waals surface area (Å²) in [5.74, 6) is 0.159. The predicted molar refractivity (Wildman–Crippen MR) is 107 cm³/mol. The first-order valence-electron chi connectivity index (χ1n) is 10.3. The molecule has 6 nitrogen and oxygen atoms in total. The van der Waals surface area contributed by atoms with E-state index in [-0.39, 0.29) is 30.5 Å². The van der Waals surface area contributed by atoms with E-state index in [1.165, 1.54) is 5.56 Å². The van der Waals surface area contributed by atoms with Crippen molar-refractivity contribution in [2.45, 2.75) is 51.1 Å². The van der Waals surface area contributed by atoms with Gasteiger partial charge in [0.2, 0.25) is 11.8 Å². The number of methoxy groups -OCH3 is 1. The van der Waals surface area contributed by atoms with Gasteiger partial charge in [0.15, 0.2) is 0 Å². The van der Waals surface area contributed by atoms with Crippen LogP contribution < -0.4 is 0 Å². The minimum Gasteiger partial charge on any atom is -0.381 e. The van der Waals surface area contributed by atoms with Crippen LogP contribution in [0.5, 0.6) is 0 Å².